The van der Waals surface area contributed by atoms with Gasteiger partial charge >= 0.3 is 0 Å². The predicted octanol–water partition coefficient (Wildman–Crippen LogP) is 0.659. The summed E-state index contributed by atoms with van der Waals surface area (Å²) in [6, 6.07) is 0.138. The standard InChI is InChI=1S/C10H13N5O2/c1-5(2)15-4-11-7-8(15)13-10(12-6(3)16)14-9(7)17/h4-5H,1-3H3,(H2,12,13,14,16,17). The number of anilines is 1. The number of hydrogen-bond acceptors (Lipinski definition) is 4. The number of imidazole rings is 1. The summed E-state index contributed by atoms with van der Waals surface area (Å²) in [6.07, 6.45) is 1.56. The van der Waals surface area contributed by atoms with Gasteiger partial charge in [0.05, 0.1) is 6.33 Å². The SMILES string of the molecule is CC(=O)Nc1nc2c(ncn2C(C)C)c(=O)[nH]1. The van der Waals surface area contributed by atoms with Gasteiger partial charge in [-0.25, -0.2) is 4.98 Å². The number of amides is 1. The predicted molar refractivity (Wildman–Crippen MR) is 62.8 cm³/mol. The summed E-state index contributed by atoms with van der Waals surface area (Å²) in [5.74, 6) is -0.152. The fourth-order valence-electron chi connectivity index (χ4n) is 1.53. The van der Waals surface area contributed by atoms with E-state index in [0.717, 1.165) is 0 Å². The number of rotatable bonds is 2. The van der Waals surface area contributed by atoms with Crippen LogP contribution < -0.4 is 10.9 Å². The van der Waals surface area contributed by atoms with E-state index in [1.807, 2.05) is 13.8 Å². The molecule has 0 aliphatic carbocycles. The average molecular weight is 235 g/mol. The summed E-state index contributed by atoms with van der Waals surface area (Å²) < 4.78 is 1.77. The molecule has 7 nitrogen and oxygen atoms in total. The number of aromatic amines is 1. The topological polar surface area (TPSA) is 92.7 Å². The molecule has 0 fully saturated rings. The van der Waals surface area contributed by atoms with Gasteiger partial charge in [0.15, 0.2) is 11.2 Å². The van der Waals surface area contributed by atoms with Crippen LogP contribution in [-0.4, -0.2) is 25.4 Å². The van der Waals surface area contributed by atoms with E-state index in [-0.39, 0.29) is 29.0 Å². The monoisotopic (exact) mass is 235 g/mol. The molecular weight excluding hydrogens is 222 g/mol. The fraction of sp³-hybridized carbons (Fsp3) is 0.400. The minimum Gasteiger partial charge on any atom is -0.312 e. The van der Waals surface area contributed by atoms with Crippen molar-refractivity contribution in [3.05, 3.63) is 16.7 Å². The summed E-state index contributed by atoms with van der Waals surface area (Å²) >= 11 is 0. The molecule has 2 aromatic rings. The lowest BCUT2D eigenvalue weighted by molar-refractivity contribution is -0.114. The lowest BCUT2D eigenvalue weighted by atomic mass is 10.4. The third-order valence-electron chi connectivity index (χ3n) is 2.28. The molecule has 2 heterocycles. The molecule has 1 amide bonds. The largest absolute Gasteiger partial charge is 0.312 e. The number of H-pyrrole nitrogens is 1. The van der Waals surface area contributed by atoms with Gasteiger partial charge in [0.1, 0.15) is 0 Å². The minimum atomic E-state index is -0.363. The van der Waals surface area contributed by atoms with Crippen LogP contribution in [0.2, 0.25) is 0 Å². The third kappa shape index (κ3) is 2.03. The van der Waals surface area contributed by atoms with E-state index in [9.17, 15) is 9.59 Å². The van der Waals surface area contributed by atoms with Gasteiger partial charge < -0.3 is 4.57 Å². The quantitative estimate of drug-likeness (QED) is 0.799. The second kappa shape index (κ2) is 4.00. The number of fused-ring (bicyclic) bond motifs is 1. The number of nitrogens with zero attached hydrogens (tertiary/aromatic N) is 3. The molecule has 0 unspecified atom stereocenters. The number of carbonyl (C=O) groups is 1. The highest BCUT2D eigenvalue weighted by Gasteiger charge is 2.12. The van der Waals surface area contributed by atoms with Gasteiger partial charge in [-0.2, -0.15) is 4.98 Å². The molecule has 90 valence electrons. The Morgan fingerprint density at radius 2 is 2.24 bits per heavy atom. The van der Waals surface area contributed by atoms with Crippen LogP contribution in [-0.2, 0) is 4.79 Å². The maximum absolute atomic E-state index is 11.7. The van der Waals surface area contributed by atoms with E-state index >= 15 is 0 Å². The normalized spacial score (nSPS) is 11.1. The Balaban J connectivity index is 2.64. The van der Waals surface area contributed by atoms with Crippen molar-refractivity contribution in [3.8, 4) is 0 Å². The van der Waals surface area contributed by atoms with Crippen LogP contribution in [0.1, 0.15) is 26.8 Å². The first-order chi connectivity index (χ1) is 7.99. The highest BCUT2D eigenvalue weighted by atomic mass is 16.1. The molecule has 17 heavy (non-hydrogen) atoms. The maximum atomic E-state index is 11.7. The van der Waals surface area contributed by atoms with E-state index in [2.05, 4.69) is 20.3 Å². The Morgan fingerprint density at radius 1 is 1.53 bits per heavy atom. The number of nitrogens with one attached hydrogen (secondary N) is 2. The lowest BCUT2D eigenvalue weighted by Crippen LogP contribution is -2.17. The van der Waals surface area contributed by atoms with Crippen LogP contribution in [0.5, 0.6) is 0 Å². The molecule has 2 aromatic heterocycles. The van der Waals surface area contributed by atoms with Crippen LogP contribution >= 0.6 is 0 Å². The Hall–Kier alpha value is -2.18. The van der Waals surface area contributed by atoms with Crippen molar-refractivity contribution in [2.75, 3.05) is 5.32 Å². The molecule has 0 bridgehead atoms. The first-order valence-corrected chi connectivity index (χ1v) is 5.23. The molecule has 0 aliphatic heterocycles. The van der Waals surface area contributed by atoms with Gasteiger partial charge in [0.2, 0.25) is 11.9 Å². The van der Waals surface area contributed by atoms with E-state index in [0.29, 0.717) is 5.65 Å². The van der Waals surface area contributed by atoms with Crippen molar-refractivity contribution >= 4 is 23.0 Å². The molecule has 0 radical (unpaired) electrons. The lowest BCUT2D eigenvalue weighted by Gasteiger charge is -2.07. The van der Waals surface area contributed by atoms with Crippen molar-refractivity contribution in [3.63, 3.8) is 0 Å². The Labute approximate surface area is 96.9 Å². The molecule has 0 saturated heterocycles. The van der Waals surface area contributed by atoms with Crippen molar-refractivity contribution < 1.29 is 4.79 Å². The van der Waals surface area contributed by atoms with Crippen LogP contribution in [0, 0.1) is 0 Å². The molecule has 0 aromatic carbocycles. The van der Waals surface area contributed by atoms with Crippen LogP contribution in [0.25, 0.3) is 11.2 Å². The summed E-state index contributed by atoms with van der Waals surface area (Å²) in [7, 11) is 0. The Kier molecular flexibility index (Phi) is 2.66. The van der Waals surface area contributed by atoms with Crippen LogP contribution in [0.4, 0.5) is 5.95 Å². The Bertz CT molecular complexity index is 625. The molecule has 0 atom stereocenters. The van der Waals surface area contributed by atoms with E-state index in [1.165, 1.54) is 6.92 Å². The van der Waals surface area contributed by atoms with Crippen molar-refractivity contribution in [1.29, 1.82) is 0 Å². The molecule has 2 N–H and O–H groups in total. The van der Waals surface area contributed by atoms with Crippen LogP contribution in [0.15, 0.2) is 11.1 Å². The zero-order valence-corrected chi connectivity index (χ0v) is 9.81. The van der Waals surface area contributed by atoms with Gasteiger partial charge in [-0.1, -0.05) is 0 Å². The maximum Gasteiger partial charge on any atom is 0.280 e. The average Bonchev–Trinajstić information content (AvgIpc) is 2.60. The Morgan fingerprint density at radius 3 is 2.82 bits per heavy atom. The van der Waals surface area contributed by atoms with E-state index < -0.39 is 0 Å². The third-order valence-corrected chi connectivity index (χ3v) is 2.28. The fourth-order valence-corrected chi connectivity index (χ4v) is 1.53. The summed E-state index contributed by atoms with van der Waals surface area (Å²) in [6.45, 7) is 5.27. The summed E-state index contributed by atoms with van der Waals surface area (Å²) in [5.41, 5.74) is 0.374. The highest BCUT2D eigenvalue weighted by molar-refractivity contribution is 5.87. The molecular formula is C10H13N5O2. The zero-order valence-electron chi connectivity index (χ0n) is 9.81. The molecule has 2 rings (SSSR count). The summed E-state index contributed by atoms with van der Waals surface area (Å²) in [4.78, 5) is 33.2. The van der Waals surface area contributed by atoms with Gasteiger partial charge in [0, 0.05) is 13.0 Å². The van der Waals surface area contributed by atoms with Gasteiger partial charge in [-0.05, 0) is 13.8 Å². The first-order valence-electron chi connectivity index (χ1n) is 5.23. The van der Waals surface area contributed by atoms with Crippen LogP contribution in [0.3, 0.4) is 0 Å². The summed E-state index contributed by atoms with van der Waals surface area (Å²) in [5, 5.41) is 2.45. The van der Waals surface area contributed by atoms with E-state index in [1.54, 1.807) is 10.9 Å². The minimum absolute atomic E-state index is 0.136. The molecule has 0 aliphatic rings. The van der Waals surface area contributed by atoms with Gasteiger partial charge in [0.25, 0.3) is 5.56 Å². The first kappa shape index (κ1) is 11.3. The van der Waals surface area contributed by atoms with Gasteiger partial charge in [-0.3, -0.25) is 19.9 Å². The molecule has 0 spiro atoms. The van der Waals surface area contributed by atoms with Crippen molar-refractivity contribution in [1.82, 2.24) is 19.5 Å². The number of carbonyl (C=O) groups excluding carboxylic acids is 1. The van der Waals surface area contributed by atoms with Gasteiger partial charge in [-0.15, -0.1) is 0 Å². The number of aromatic nitrogens is 4. The second-order valence-electron chi connectivity index (χ2n) is 4.01. The molecule has 0 saturated carbocycles. The highest BCUT2D eigenvalue weighted by Crippen LogP contribution is 2.13. The zero-order chi connectivity index (χ0) is 12.6. The number of hydrogen-bond donors (Lipinski definition) is 2. The van der Waals surface area contributed by atoms with E-state index in [4.69, 9.17) is 0 Å². The second-order valence-corrected chi connectivity index (χ2v) is 4.01. The smallest absolute Gasteiger partial charge is 0.280 e. The molecule has 7 heteroatoms. The van der Waals surface area contributed by atoms with Crippen molar-refractivity contribution in [2.24, 2.45) is 0 Å². The van der Waals surface area contributed by atoms with Crippen molar-refractivity contribution in [2.45, 2.75) is 26.8 Å².